The normalized spacial score (nSPS) is 29.0. The highest BCUT2D eigenvalue weighted by molar-refractivity contribution is 8.00. The Morgan fingerprint density at radius 1 is 1.57 bits per heavy atom. The van der Waals surface area contributed by atoms with Crippen LogP contribution in [0.25, 0.3) is 0 Å². The smallest absolute Gasteiger partial charge is 0.0905 e. The molecular formula is C10H21N3S. The Labute approximate surface area is 90.9 Å². The molecule has 0 aromatic rings. The lowest BCUT2D eigenvalue weighted by molar-refractivity contribution is 0.212. The van der Waals surface area contributed by atoms with Gasteiger partial charge in [-0.15, -0.1) is 0 Å². The molecule has 0 aliphatic carbocycles. The third-order valence-corrected chi connectivity index (χ3v) is 4.24. The minimum atomic E-state index is 0.317. The summed E-state index contributed by atoms with van der Waals surface area (Å²) >= 11 is 2.06. The number of nitrogens with zero attached hydrogens (tertiary/aromatic N) is 1. The Bertz CT molecular complexity index is 196. The first-order chi connectivity index (χ1) is 6.61. The maximum atomic E-state index is 7.16. The summed E-state index contributed by atoms with van der Waals surface area (Å²) in [6.07, 6.45) is 1.77. The lowest BCUT2D eigenvalue weighted by atomic mass is 10.2. The number of amidine groups is 1. The minimum absolute atomic E-state index is 0.317. The third kappa shape index (κ3) is 3.50. The van der Waals surface area contributed by atoms with E-state index >= 15 is 0 Å². The van der Waals surface area contributed by atoms with E-state index in [1.54, 1.807) is 0 Å². The molecular weight excluding hydrogens is 194 g/mol. The van der Waals surface area contributed by atoms with Crippen molar-refractivity contribution in [1.82, 2.24) is 4.90 Å². The first kappa shape index (κ1) is 11.9. The molecule has 0 spiro atoms. The lowest BCUT2D eigenvalue weighted by Crippen LogP contribution is -2.45. The van der Waals surface area contributed by atoms with E-state index in [-0.39, 0.29) is 0 Å². The molecule has 0 amide bonds. The van der Waals surface area contributed by atoms with Crippen LogP contribution in [0.1, 0.15) is 26.7 Å². The fourth-order valence-electron chi connectivity index (χ4n) is 1.78. The second-order valence-corrected chi connectivity index (χ2v) is 5.47. The van der Waals surface area contributed by atoms with Crippen LogP contribution in [0.2, 0.25) is 0 Å². The summed E-state index contributed by atoms with van der Waals surface area (Å²) in [4.78, 5) is 2.52. The van der Waals surface area contributed by atoms with Gasteiger partial charge in [-0.05, 0) is 19.9 Å². The van der Waals surface area contributed by atoms with Crippen LogP contribution in [0, 0.1) is 5.41 Å². The Hall–Kier alpha value is -0.220. The largest absolute Gasteiger partial charge is 0.388 e. The maximum Gasteiger partial charge on any atom is 0.0905 e. The summed E-state index contributed by atoms with van der Waals surface area (Å²) in [5, 5.41) is 7.89. The first-order valence-corrected chi connectivity index (χ1v) is 6.34. The van der Waals surface area contributed by atoms with Crippen molar-refractivity contribution in [2.24, 2.45) is 5.73 Å². The van der Waals surface area contributed by atoms with Crippen molar-refractivity contribution >= 4 is 17.6 Å². The predicted molar refractivity (Wildman–Crippen MR) is 64.1 cm³/mol. The summed E-state index contributed by atoms with van der Waals surface area (Å²) in [5.74, 6) is 1.56. The molecule has 2 atom stereocenters. The highest BCUT2D eigenvalue weighted by Crippen LogP contribution is 2.24. The molecule has 0 aromatic heterocycles. The van der Waals surface area contributed by atoms with Crippen LogP contribution < -0.4 is 5.73 Å². The van der Waals surface area contributed by atoms with E-state index in [4.69, 9.17) is 11.1 Å². The summed E-state index contributed by atoms with van der Waals surface area (Å²) in [7, 11) is 0. The first-order valence-electron chi connectivity index (χ1n) is 5.30. The summed E-state index contributed by atoms with van der Waals surface area (Å²) < 4.78 is 0. The highest BCUT2D eigenvalue weighted by Gasteiger charge is 2.24. The van der Waals surface area contributed by atoms with Crippen molar-refractivity contribution in [3.05, 3.63) is 0 Å². The number of thioether (sulfide) groups is 1. The molecule has 1 fully saturated rings. The number of hydrogen-bond acceptors (Lipinski definition) is 3. The van der Waals surface area contributed by atoms with Gasteiger partial charge in [0.15, 0.2) is 0 Å². The van der Waals surface area contributed by atoms with Crippen molar-refractivity contribution in [3.8, 4) is 0 Å². The molecule has 3 N–H and O–H groups in total. The van der Waals surface area contributed by atoms with E-state index in [2.05, 4.69) is 30.5 Å². The Balaban J connectivity index is 2.25. The Kier molecular flexibility index (Phi) is 4.75. The Morgan fingerprint density at radius 3 is 2.93 bits per heavy atom. The van der Waals surface area contributed by atoms with Gasteiger partial charge in [-0.2, -0.15) is 11.8 Å². The van der Waals surface area contributed by atoms with Gasteiger partial charge in [0.05, 0.1) is 5.84 Å². The van der Waals surface area contributed by atoms with Gasteiger partial charge in [0, 0.05) is 30.0 Å². The number of rotatable bonds is 4. The van der Waals surface area contributed by atoms with Gasteiger partial charge < -0.3 is 5.73 Å². The van der Waals surface area contributed by atoms with Crippen LogP contribution in [0.3, 0.4) is 0 Å². The molecule has 14 heavy (non-hydrogen) atoms. The SMILES string of the molecule is CC1SCCN(CCCC(=N)N)C1C. The summed E-state index contributed by atoms with van der Waals surface area (Å²) in [6, 6.07) is 0.667. The predicted octanol–water partition coefficient (Wildman–Crippen LogP) is 1.53. The highest BCUT2D eigenvalue weighted by atomic mass is 32.2. The van der Waals surface area contributed by atoms with Crippen molar-refractivity contribution in [1.29, 1.82) is 5.41 Å². The van der Waals surface area contributed by atoms with Gasteiger partial charge in [-0.3, -0.25) is 10.3 Å². The molecule has 3 nitrogen and oxygen atoms in total. The van der Waals surface area contributed by atoms with Crippen molar-refractivity contribution in [2.75, 3.05) is 18.8 Å². The Morgan fingerprint density at radius 2 is 2.29 bits per heavy atom. The van der Waals surface area contributed by atoms with E-state index in [1.807, 2.05) is 0 Å². The van der Waals surface area contributed by atoms with E-state index in [0.717, 1.165) is 24.6 Å². The molecule has 4 heteroatoms. The summed E-state index contributed by atoms with van der Waals surface area (Å²) in [6.45, 7) is 6.87. The second-order valence-electron chi connectivity index (χ2n) is 3.98. The van der Waals surface area contributed by atoms with Crippen molar-refractivity contribution in [3.63, 3.8) is 0 Å². The number of nitrogens with two attached hydrogens (primary N) is 1. The van der Waals surface area contributed by atoms with Gasteiger partial charge in [-0.25, -0.2) is 0 Å². The zero-order chi connectivity index (χ0) is 10.6. The quantitative estimate of drug-likeness (QED) is 0.552. The molecule has 1 aliphatic heterocycles. The van der Waals surface area contributed by atoms with Crippen LogP contribution >= 0.6 is 11.8 Å². The molecule has 0 aromatic carbocycles. The fourth-order valence-corrected chi connectivity index (χ4v) is 2.95. The molecule has 2 unspecified atom stereocenters. The van der Waals surface area contributed by atoms with Crippen LogP contribution in [0.5, 0.6) is 0 Å². The van der Waals surface area contributed by atoms with E-state index < -0.39 is 0 Å². The van der Waals surface area contributed by atoms with Gasteiger partial charge in [0.25, 0.3) is 0 Å². The lowest BCUT2D eigenvalue weighted by Gasteiger charge is -2.37. The number of hydrogen-bond donors (Lipinski definition) is 2. The van der Waals surface area contributed by atoms with Gasteiger partial charge in [-0.1, -0.05) is 6.92 Å². The van der Waals surface area contributed by atoms with E-state index in [0.29, 0.717) is 11.9 Å². The molecule has 0 saturated carbocycles. The zero-order valence-electron chi connectivity index (χ0n) is 9.12. The number of nitrogens with one attached hydrogen (secondary N) is 1. The molecule has 82 valence electrons. The molecule has 1 rings (SSSR count). The minimum Gasteiger partial charge on any atom is -0.388 e. The standard InChI is InChI=1S/C10H21N3S/c1-8-9(2)14-7-6-13(8)5-3-4-10(11)12/h8-9H,3-7H2,1-2H3,(H3,11,12). The van der Waals surface area contributed by atoms with E-state index in [9.17, 15) is 0 Å². The second kappa shape index (κ2) is 5.61. The molecule has 1 saturated heterocycles. The van der Waals surface area contributed by atoms with Crippen molar-refractivity contribution < 1.29 is 0 Å². The molecule has 1 heterocycles. The monoisotopic (exact) mass is 215 g/mol. The van der Waals surface area contributed by atoms with Crippen LogP contribution in [0.4, 0.5) is 0 Å². The average Bonchev–Trinajstić information content (AvgIpc) is 2.12. The van der Waals surface area contributed by atoms with Gasteiger partial charge >= 0.3 is 0 Å². The average molecular weight is 215 g/mol. The topological polar surface area (TPSA) is 53.1 Å². The van der Waals surface area contributed by atoms with Crippen LogP contribution in [0.15, 0.2) is 0 Å². The van der Waals surface area contributed by atoms with Gasteiger partial charge in [0.1, 0.15) is 0 Å². The fraction of sp³-hybridized carbons (Fsp3) is 0.900. The van der Waals surface area contributed by atoms with Crippen LogP contribution in [-0.2, 0) is 0 Å². The third-order valence-electron chi connectivity index (χ3n) is 2.91. The zero-order valence-corrected chi connectivity index (χ0v) is 9.94. The summed E-state index contributed by atoms with van der Waals surface area (Å²) in [5.41, 5.74) is 5.33. The van der Waals surface area contributed by atoms with Crippen molar-refractivity contribution in [2.45, 2.75) is 38.0 Å². The molecule has 0 bridgehead atoms. The molecule has 0 radical (unpaired) electrons. The van der Waals surface area contributed by atoms with Gasteiger partial charge in [0.2, 0.25) is 0 Å². The maximum absolute atomic E-state index is 7.16. The van der Waals surface area contributed by atoms with E-state index in [1.165, 1.54) is 12.3 Å². The van der Waals surface area contributed by atoms with Crippen LogP contribution in [-0.4, -0.2) is 40.9 Å². The molecule has 1 aliphatic rings.